The Kier molecular flexibility index (Phi) is 4.08. The van der Waals surface area contributed by atoms with E-state index in [9.17, 15) is 13.2 Å². The number of pyridine rings is 1. The number of aromatic nitrogens is 5. The van der Waals surface area contributed by atoms with Crippen molar-refractivity contribution in [1.82, 2.24) is 24.6 Å². The number of halogens is 3. The highest BCUT2D eigenvalue weighted by Crippen LogP contribution is 2.33. The third kappa shape index (κ3) is 3.25. The van der Waals surface area contributed by atoms with Crippen LogP contribution in [-0.4, -0.2) is 24.6 Å². The third-order valence-corrected chi connectivity index (χ3v) is 4.58. The standard InChI is InChI=1S/C17H10F3N5S/c18-17(19,20)12-3-1-2-11(8-12)14-9-15(25-16(24-14)22-10-23-25)26-13-4-6-21-7-5-13/h1-10H. The Bertz CT molecular complexity index is 1060. The highest BCUT2D eigenvalue weighted by molar-refractivity contribution is 7.99. The molecule has 5 nitrogen and oxygen atoms in total. The van der Waals surface area contributed by atoms with E-state index in [4.69, 9.17) is 0 Å². The number of benzene rings is 1. The van der Waals surface area contributed by atoms with E-state index in [-0.39, 0.29) is 0 Å². The van der Waals surface area contributed by atoms with E-state index in [1.165, 1.54) is 24.2 Å². The van der Waals surface area contributed by atoms with Gasteiger partial charge >= 0.3 is 6.18 Å². The molecule has 0 saturated heterocycles. The summed E-state index contributed by atoms with van der Waals surface area (Å²) in [6, 6.07) is 10.4. The lowest BCUT2D eigenvalue weighted by Crippen LogP contribution is -2.05. The van der Waals surface area contributed by atoms with E-state index in [1.54, 1.807) is 29.0 Å². The molecule has 9 heteroatoms. The van der Waals surface area contributed by atoms with Gasteiger partial charge in [-0.1, -0.05) is 23.9 Å². The largest absolute Gasteiger partial charge is 0.416 e. The molecule has 4 aromatic rings. The van der Waals surface area contributed by atoms with Gasteiger partial charge in [-0.25, -0.2) is 4.98 Å². The van der Waals surface area contributed by atoms with Gasteiger partial charge in [-0.15, -0.1) is 0 Å². The van der Waals surface area contributed by atoms with Gasteiger partial charge in [0.2, 0.25) is 0 Å². The highest BCUT2D eigenvalue weighted by Gasteiger charge is 2.30. The molecule has 0 saturated carbocycles. The Morgan fingerprint density at radius 2 is 1.81 bits per heavy atom. The minimum Gasteiger partial charge on any atom is -0.265 e. The maximum Gasteiger partial charge on any atom is 0.416 e. The van der Waals surface area contributed by atoms with Gasteiger partial charge in [0.25, 0.3) is 5.78 Å². The summed E-state index contributed by atoms with van der Waals surface area (Å²) in [7, 11) is 0. The van der Waals surface area contributed by atoms with Crippen molar-refractivity contribution in [2.75, 3.05) is 0 Å². The number of alkyl halides is 3. The molecular weight excluding hydrogens is 363 g/mol. The molecule has 0 N–H and O–H groups in total. The van der Waals surface area contributed by atoms with Gasteiger partial charge in [0, 0.05) is 22.9 Å². The SMILES string of the molecule is FC(F)(F)c1cccc(-c2cc(Sc3ccncc3)n3ncnc3n2)c1. The molecule has 0 bridgehead atoms. The van der Waals surface area contributed by atoms with Crippen molar-refractivity contribution in [3.63, 3.8) is 0 Å². The van der Waals surface area contributed by atoms with E-state index in [0.717, 1.165) is 17.0 Å². The minimum atomic E-state index is -4.41. The number of hydrogen-bond acceptors (Lipinski definition) is 5. The monoisotopic (exact) mass is 373 g/mol. The number of rotatable bonds is 3. The summed E-state index contributed by atoms with van der Waals surface area (Å²) in [5.74, 6) is 0.316. The lowest BCUT2D eigenvalue weighted by molar-refractivity contribution is -0.137. The first-order chi connectivity index (χ1) is 12.5. The summed E-state index contributed by atoms with van der Waals surface area (Å²) in [5.41, 5.74) is 0.0385. The molecule has 3 aromatic heterocycles. The molecule has 0 amide bonds. The smallest absolute Gasteiger partial charge is 0.265 e. The van der Waals surface area contributed by atoms with Gasteiger partial charge in [0.1, 0.15) is 11.4 Å². The van der Waals surface area contributed by atoms with Crippen LogP contribution in [0.3, 0.4) is 0 Å². The first kappa shape index (κ1) is 16.5. The second kappa shape index (κ2) is 6.41. The molecule has 0 fully saturated rings. The first-order valence-corrected chi connectivity index (χ1v) is 8.29. The molecule has 0 radical (unpaired) electrons. The van der Waals surface area contributed by atoms with E-state index in [2.05, 4.69) is 20.1 Å². The lowest BCUT2D eigenvalue weighted by Gasteiger charge is -2.10. The van der Waals surface area contributed by atoms with Crippen LogP contribution in [0.15, 0.2) is 71.1 Å². The predicted octanol–water partition coefficient (Wildman–Crippen LogP) is 4.36. The van der Waals surface area contributed by atoms with Gasteiger partial charge in [-0.05, 0) is 30.3 Å². The lowest BCUT2D eigenvalue weighted by atomic mass is 10.1. The second-order valence-corrected chi connectivity index (χ2v) is 6.41. The van der Waals surface area contributed by atoms with Crippen LogP contribution in [0.5, 0.6) is 0 Å². The maximum absolute atomic E-state index is 13.0. The van der Waals surface area contributed by atoms with E-state index in [0.29, 0.717) is 22.1 Å². The zero-order valence-corrected chi connectivity index (χ0v) is 13.9. The van der Waals surface area contributed by atoms with Crippen molar-refractivity contribution in [3.05, 3.63) is 66.7 Å². The fraction of sp³-hybridized carbons (Fsp3) is 0.0588. The highest BCUT2D eigenvalue weighted by atomic mass is 32.2. The van der Waals surface area contributed by atoms with E-state index in [1.807, 2.05) is 12.1 Å². The third-order valence-electron chi connectivity index (χ3n) is 3.58. The quantitative estimate of drug-likeness (QED) is 0.500. The number of nitrogens with zero attached hydrogens (tertiary/aromatic N) is 5. The van der Waals surface area contributed by atoms with Gasteiger partial charge in [-0.2, -0.15) is 27.8 Å². The van der Waals surface area contributed by atoms with Gasteiger partial charge < -0.3 is 0 Å². The van der Waals surface area contributed by atoms with Gasteiger partial charge in [0.05, 0.1) is 11.3 Å². The number of fused-ring (bicyclic) bond motifs is 1. The van der Waals surface area contributed by atoms with Crippen LogP contribution in [0.25, 0.3) is 17.0 Å². The van der Waals surface area contributed by atoms with Gasteiger partial charge in [0.15, 0.2) is 0 Å². The zero-order valence-electron chi connectivity index (χ0n) is 13.1. The van der Waals surface area contributed by atoms with Crippen LogP contribution in [-0.2, 0) is 6.18 Å². The van der Waals surface area contributed by atoms with Crippen molar-refractivity contribution < 1.29 is 13.2 Å². The van der Waals surface area contributed by atoms with Gasteiger partial charge in [-0.3, -0.25) is 4.98 Å². The van der Waals surface area contributed by atoms with Crippen molar-refractivity contribution in [2.45, 2.75) is 16.1 Å². The molecule has 4 rings (SSSR count). The van der Waals surface area contributed by atoms with Crippen molar-refractivity contribution in [3.8, 4) is 11.3 Å². The summed E-state index contributed by atoms with van der Waals surface area (Å²) in [4.78, 5) is 13.3. The Labute approximate surface area is 149 Å². The van der Waals surface area contributed by atoms with Crippen LogP contribution in [0.2, 0.25) is 0 Å². The molecule has 0 aliphatic rings. The zero-order chi connectivity index (χ0) is 18.1. The summed E-state index contributed by atoms with van der Waals surface area (Å²) in [5, 5.41) is 4.82. The predicted molar refractivity (Wildman–Crippen MR) is 89.6 cm³/mol. The molecule has 0 aliphatic carbocycles. The number of hydrogen-bond donors (Lipinski definition) is 0. The van der Waals surface area contributed by atoms with Crippen LogP contribution in [0.1, 0.15) is 5.56 Å². The summed E-state index contributed by atoms with van der Waals surface area (Å²) in [6.45, 7) is 0. The normalized spacial score (nSPS) is 11.8. The van der Waals surface area contributed by atoms with Crippen LogP contribution in [0, 0.1) is 0 Å². The molecule has 0 aliphatic heterocycles. The molecule has 26 heavy (non-hydrogen) atoms. The summed E-state index contributed by atoms with van der Waals surface area (Å²) >= 11 is 1.40. The Morgan fingerprint density at radius 3 is 2.58 bits per heavy atom. The van der Waals surface area contributed by atoms with Crippen LogP contribution >= 0.6 is 11.8 Å². The van der Waals surface area contributed by atoms with Crippen LogP contribution in [0.4, 0.5) is 13.2 Å². The molecule has 0 unspecified atom stereocenters. The fourth-order valence-electron chi connectivity index (χ4n) is 2.39. The molecule has 1 aromatic carbocycles. The Balaban J connectivity index is 1.82. The average molecular weight is 373 g/mol. The molecule has 0 spiro atoms. The molecular formula is C17H10F3N5S. The average Bonchev–Trinajstić information content (AvgIpc) is 3.11. The summed E-state index contributed by atoms with van der Waals surface area (Å²) in [6.07, 6.45) is 0.268. The molecule has 0 atom stereocenters. The molecule has 3 heterocycles. The topological polar surface area (TPSA) is 56.0 Å². The van der Waals surface area contributed by atoms with Crippen molar-refractivity contribution in [1.29, 1.82) is 0 Å². The summed E-state index contributed by atoms with van der Waals surface area (Å²) < 4.78 is 40.5. The maximum atomic E-state index is 13.0. The van der Waals surface area contributed by atoms with Crippen molar-refractivity contribution in [2.24, 2.45) is 0 Å². The molecule has 130 valence electrons. The second-order valence-electron chi connectivity index (χ2n) is 5.32. The minimum absolute atomic E-state index is 0.316. The Hall–Kier alpha value is -2.94. The first-order valence-electron chi connectivity index (χ1n) is 7.47. The fourth-order valence-corrected chi connectivity index (χ4v) is 3.27. The Morgan fingerprint density at radius 1 is 1.00 bits per heavy atom. The van der Waals surface area contributed by atoms with E-state index < -0.39 is 11.7 Å². The van der Waals surface area contributed by atoms with Crippen LogP contribution < -0.4 is 0 Å². The van der Waals surface area contributed by atoms with E-state index >= 15 is 0 Å². The van der Waals surface area contributed by atoms with Crippen molar-refractivity contribution >= 4 is 17.5 Å².